The minimum atomic E-state index is -0.492. The van der Waals surface area contributed by atoms with Gasteiger partial charge in [0.2, 0.25) is 0 Å². The van der Waals surface area contributed by atoms with Crippen LogP contribution in [-0.2, 0) is 21.1 Å². The molecule has 1 aliphatic rings. The Labute approximate surface area is 139 Å². The van der Waals surface area contributed by atoms with Gasteiger partial charge in [-0.15, -0.1) is 0 Å². The summed E-state index contributed by atoms with van der Waals surface area (Å²) >= 11 is 0. The van der Waals surface area contributed by atoms with E-state index in [4.69, 9.17) is 0 Å². The number of carbonyl (C=O) groups is 1. The molecule has 2 aromatic rings. The van der Waals surface area contributed by atoms with Crippen LogP contribution in [-0.4, -0.2) is 42.6 Å². The number of likely N-dealkylation sites (tertiary alicyclic amines) is 1. The van der Waals surface area contributed by atoms with Crippen molar-refractivity contribution in [2.45, 2.75) is 18.8 Å². The second-order valence-corrected chi connectivity index (χ2v) is 6.23. The molecule has 0 unspecified atom stereocenters. The molecular weight excluding hydrogens is 310 g/mol. The molecule has 0 atom stereocenters. The first-order chi connectivity index (χ1) is 11.4. The molecule has 8 nitrogen and oxygen atoms in total. The minimum Gasteiger partial charge on any atom is -0.338 e. The molecule has 0 aliphatic carbocycles. The quantitative estimate of drug-likeness (QED) is 0.765. The van der Waals surface area contributed by atoms with Crippen LogP contribution in [0.4, 0.5) is 0 Å². The van der Waals surface area contributed by atoms with Crippen molar-refractivity contribution in [3.63, 3.8) is 0 Å². The summed E-state index contributed by atoms with van der Waals surface area (Å²) in [5.74, 6) is 1.08. The molecule has 0 N–H and O–H groups in total. The van der Waals surface area contributed by atoms with Gasteiger partial charge in [-0.1, -0.05) is 0 Å². The Bertz CT molecular complexity index is 884. The molecule has 0 bridgehead atoms. The number of hydrogen-bond donors (Lipinski definition) is 0. The molecule has 0 aromatic carbocycles. The van der Waals surface area contributed by atoms with Crippen LogP contribution in [0, 0.1) is 0 Å². The van der Waals surface area contributed by atoms with E-state index in [0.717, 1.165) is 23.2 Å². The monoisotopic (exact) mass is 331 g/mol. The summed E-state index contributed by atoms with van der Waals surface area (Å²) in [5.41, 5.74) is -0.823. The second kappa shape index (κ2) is 6.10. The summed E-state index contributed by atoms with van der Waals surface area (Å²) in [6, 6.07) is 1.23. The van der Waals surface area contributed by atoms with Crippen LogP contribution in [0.5, 0.6) is 0 Å². The zero-order valence-corrected chi connectivity index (χ0v) is 14.1. The highest BCUT2D eigenvalue weighted by Gasteiger charge is 2.28. The molecular formula is C16H21N5O3. The Kier molecular flexibility index (Phi) is 4.13. The van der Waals surface area contributed by atoms with E-state index in [1.165, 1.54) is 24.7 Å². The summed E-state index contributed by atoms with van der Waals surface area (Å²) in [6.45, 7) is 1.17. The number of aromatic nitrogens is 4. The SMILES string of the molecule is Cn1ccnc1C1CCN(C(=O)c2cc(=O)n(C)c(=O)n2C)CC1. The molecule has 0 spiro atoms. The van der Waals surface area contributed by atoms with Crippen molar-refractivity contribution in [3.8, 4) is 0 Å². The Hall–Kier alpha value is -2.64. The van der Waals surface area contributed by atoms with Crippen molar-refractivity contribution in [1.29, 1.82) is 0 Å². The maximum Gasteiger partial charge on any atom is 0.331 e. The largest absolute Gasteiger partial charge is 0.338 e. The second-order valence-electron chi connectivity index (χ2n) is 6.23. The van der Waals surface area contributed by atoms with E-state index < -0.39 is 11.2 Å². The van der Waals surface area contributed by atoms with Gasteiger partial charge in [0.05, 0.1) is 0 Å². The summed E-state index contributed by atoms with van der Waals surface area (Å²) in [6.07, 6.45) is 5.33. The van der Waals surface area contributed by atoms with E-state index in [-0.39, 0.29) is 11.6 Å². The molecule has 8 heteroatoms. The van der Waals surface area contributed by atoms with Crippen LogP contribution in [0.1, 0.15) is 35.1 Å². The predicted molar refractivity (Wildman–Crippen MR) is 88.0 cm³/mol. The lowest BCUT2D eigenvalue weighted by Gasteiger charge is -2.32. The fraction of sp³-hybridized carbons (Fsp3) is 0.500. The van der Waals surface area contributed by atoms with Gasteiger partial charge in [0.1, 0.15) is 11.5 Å². The Morgan fingerprint density at radius 2 is 1.79 bits per heavy atom. The highest BCUT2D eigenvalue weighted by atomic mass is 16.2. The number of nitrogens with zero attached hydrogens (tertiary/aromatic N) is 5. The first-order valence-electron chi connectivity index (χ1n) is 7.93. The first kappa shape index (κ1) is 16.2. The minimum absolute atomic E-state index is 0.138. The van der Waals surface area contributed by atoms with Gasteiger partial charge in [-0.3, -0.25) is 18.7 Å². The van der Waals surface area contributed by atoms with Crippen LogP contribution in [0.3, 0.4) is 0 Å². The van der Waals surface area contributed by atoms with Crippen LogP contribution >= 0.6 is 0 Å². The number of imidazole rings is 1. The van der Waals surface area contributed by atoms with Crippen molar-refractivity contribution in [2.24, 2.45) is 21.1 Å². The van der Waals surface area contributed by atoms with E-state index in [9.17, 15) is 14.4 Å². The molecule has 128 valence electrons. The smallest absolute Gasteiger partial charge is 0.331 e. The van der Waals surface area contributed by atoms with Gasteiger partial charge < -0.3 is 9.47 Å². The van der Waals surface area contributed by atoms with Gasteiger partial charge in [-0.05, 0) is 12.8 Å². The summed E-state index contributed by atoms with van der Waals surface area (Å²) < 4.78 is 4.23. The van der Waals surface area contributed by atoms with Crippen molar-refractivity contribution >= 4 is 5.91 Å². The number of rotatable bonds is 2. The van der Waals surface area contributed by atoms with E-state index in [1.54, 1.807) is 11.1 Å². The molecule has 1 amide bonds. The van der Waals surface area contributed by atoms with Crippen LogP contribution in [0.25, 0.3) is 0 Å². The molecule has 0 saturated carbocycles. The van der Waals surface area contributed by atoms with Gasteiger partial charge in [-0.2, -0.15) is 0 Å². The number of hydrogen-bond acceptors (Lipinski definition) is 4. The van der Waals surface area contributed by atoms with Crippen molar-refractivity contribution in [2.75, 3.05) is 13.1 Å². The molecule has 2 aromatic heterocycles. The normalized spacial score (nSPS) is 15.7. The number of amides is 1. The van der Waals surface area contributed by atoms with Gasteiger partial charge >= 0.3 is 5.69 Å². The fourth-order valence-electron chi connectivity index (χ4n) is 3.21. The zero-order chi connectivity index (χ0) is 17.4. The van der Waals surface area contributed by atoms with Gasteiger partial charge in [0.15, 0.2) is 0 Å². The molecule has 3 heterocycles. The molecule has 1 fully saturated rings. The maximum atomic E-state index is 12.7. The number of aryl methyl sites for hydroxylation is 1. The zero-order valence-electron chi connectivity index (χ0n) is 14.1. The average molecular weight is 331 g/mol. The average Bonchev–Trinajstić information content (AvgIpc) is 3.02. The van der Waals surface area contributed by atoms with Gasteiger partial charge in [-0.25, -0.2) is 9.78 Å². The predicted octanol–water partition coefficient (Wildman–Crippen LogP) is -0.163. The van der Waals surface area contributed by atoms with Crippen LogP contribution in [0.2, 0.25) is 0 Å². The lowest BCUT2D eigenvalue weighted by molar-refractivity contribution is 0.0698. The summed E-state index contributed by atoms with van der Waals surface area (Å²) in [5, 5.41) is 0. The third-order valence-electron chi connectivity index (χ3n) is 4.75. The third kappa shape index (κ3) is 2.68. The number of carbonyl (C=O) groups excluding carboxylic acids is 1. The van der Waals surface area contributed by atoms with E-state index >= 15 is 0 Å². The Morgan fingerprint density at radius 3 is 2.38 bits per heavy atom. The van der Waals surface area contributed by atoms with E-state index in [0.29, 0.717) is 19.0 Å². The lowest BCUT2D eigenvalue weighted by atomic mass is 9.95. The highest BCUT2D eigenvalue weighted by Crippen LogP contribution is 2.26. The maximum absolute atomic E-state index is 12.7. The topological polar surface area (TPSA) is 82.1 Å². The lowest BCUT2D eigenvalue weighted by Crippen LogP contribution is -2.44. The molecule has 1 aliphatic heterocycles. The fourth-order valence-corrected chi connectivity index (χ4v) is 3.21. The van der Waals surface area contributed by atoms with Crippen molar-refractivity contribution in [1.82, 2.24) is 23.6 Å². The van der Waals surface area contributed by atoms with E-state index in [1.807, 2.05) is 17.8 Å². The molecule has 1 saturated heterocycles. The standard InChI is InChI=1S/C16H21N5O3/c1-18-9-6-17-14(18)11-4-7-21(8-5-11)15(23)12-10-13(22)20(3)16(24)19(12)2/h6,9-11H,4-5,7-8H2,1-3H3. The Morgan fingerprint density at radius 1 is 1.12 bits per heavy atom. The Balaban J connectivity index is 1.78. The van der Waals surface area contributed by atoms with Crippen molar-refractivity contribution in [3.05, 3.63) is 50.8 Å². The van der Waals surface area contributed by atoms with Crippen LogP contribution in [0.15, 0.2) is 28.0 Å². The third-order valence-corrected chi connectivity index (χ3v) is 4.75. The summed E-state index contributed by atoms with van der Waals surface area (Å²) in [7, 11) is 4.88. The van der Waals surface area contributed by atoms with Crippen LogP contribution < -0.4 is 11.2 Å². The highest BCUT2D eigenvalue weighted by molar-refractivity contribution is 5.92. The van der Waals surface area contributed by atoms with Crippen molar-refractivity contribution < 1.29 is 4.79 Å². The molecule has 3 rings (SSSR count). The van der Waals surface area contributed by atoms with E-state index in [2.05, 4.69) is 4.98 Å². The van der Waals surface area contributed by atoms with Gasteiger partial charge in [0, 0.05) is 58.6 Å². The van der Waals surface area contributed by atoms with Gasteiger partial charge in [0.25, 0.3) is 11.5 Å². The first-order valence-corrected chi connectivity index (χ1v) is 7.93. The summed E-state index contributed by atoms with van der Waals surface area (Å²) in [4.78, 5) is 42.6. The molecule has 24 heavy (non-hydrogen) atoms. The number of piperidine rings is 1. The molecule has 0 radical (unpaired) electrons.